The predicted molar refractivity (Wildman–Crippen MR) is 76.9 cm³/mol. The van der Waals surface area contributed by atoms with Gasteiger partial charge in [0.1, 0.15) is 10.7 Å². The van der Waals surface area contributed by atoms with Gasteiger partial charge in [-0.1, -0.05) is 17.7 Å². The fourth-order valence-electron chi connectivity index (χ4n) is 1.96. The Morgan fingerprint density at radius 3 is 2.86 bits per heavy atom. The first-order valence-electron chi connectivity index (χ1n) is 6.01. The quantitative estimate of drug-likeness (QED) is 0.735. The molecular formula is C13H9ClN4O3. The zero-order valence-electron chi connectivity index (χ0n) is 10.6. The number of hydrogen-bond acceptors (Lipinski definition) is 4. The number of hydrogen-bond donors (Lipinski definition) is 1. The number of nitrogens with one attached hydrogen (secondary N) is 1. The third kappa shape index (κ3) is 2.50. The summed E-state index contributed by atoms with van der Waals surface area (Å²) in [6.07, 6.45) is 2.83. The first-order valence-corrected chi connectivity index (χ1v) is 6.39. The third-order valence-corrected chi connectivity index (χ3v) is 3.19. The maximum absolute atomic E-state index is 11.9. The highest BCUT2D eigenvalue weighted by Crippen LogP contribution is 2.02. The van der Waals surface area contributed by atoms with Gasteiger partial charge in [0.05, 0.1) is 12.2 Å². The average Bonchev–Trinajstić information content (AvgIpc) is 2.45. The number of rotatable bonds is 2. The van der Waals surface area contributed by atoms with Crippen molar-refractivity contribution in [2.45, 2.75) is 6.54 Å². The molecule has 0 aliphatic rings. The SMILES string of the molecule is O=c1[nH]c(=O)n(Cc2cc(=O)n3ccccc3n2)cc1Cl. The Balaban J connectivity index is 2.11. The number of fused-ring (bicyclic) bond motifs is 1. The summed E-state index contributed by atoms with van der Waals surface area (Å²) >= 11 is 5.69. The molecule has 3 rings (SSSR count). The largest absolute Gasteiger partial charge is 0.328 e. The highest BCUT2D eigenvalue weighted by atomic mass is 35.5. The fraction of sp³-hybridized carbons (Fsp3) is 0.0769. The summed E-state index contributed by atoms with van der Waals surface area (Å²) in [5, 5.41) is -0.105. The lowest BCUT2D eigenvalue weighted by Crippen LogP contribution is -2.30. The highest BCUT2D eigenvalue weighted by Gasteiger charge is 2.06. The lowest BCUT2D eigenvalue weighted by Gasteiger charge is -2.06. The van der Waals surface area contributed by atoms with Gasteiger partial charge in [-0.2, -0.15) is 0 Å². The first kappa shape index (κ1) is 13.3. The lowest BCUT2D eigenvalue weighted by molar-refractivity contribution is 0.703. The van der Waals surface area contributed by atoms with Crippen LogP contribution in [0.2, 0.25) is 5.02 Å². The molecule has 0 saturated carbocycles. The van der Waals surface area contributed by atoms with Crippen molar-refractivity contribution in [3.8, 4) is 0 Å². The van der Waals surface area contributed by atoms with Crippen LogP contribution >= 0.6 is 11.6 Å². The summed E-state index contributed by atoms with van der Waals surface area (Å²) in [4.78, 5) is 41.2. The Hall–Kier alpha value is -2.67. The minimum absolute atomic E-state index is 0.0377. The van der Waals surface area contributed by atoms with Crippen LogP contribution in [0.25, 0.3) is 5.65 Å². The topological polar surface area (TPSA) is 89.2 Å². The molecule has 8 heteroatoms. The van der Waals surface area contributed by atoms with Crippen molar-refractivity contribution < 1.29 is 0 Å². The zero-order valence-corrected chi connectivity index (χ0v) is 11.4. The van der Waals surface area contributed by atoms with Crippen molar-refractivity contribution in [1.29, 1.82) is 0 Å². The van der Waals surface area contributed by atoms with E-state index in [1.54, 1.807) is 24.4 Å². The van der Waals surface area contributed by atoms with E-state index < -0.39 is 11.2 Å². The first-order chi connectivity index (χ1) is 10.0. The molecule has 3 aromatic rings. The van der Waals surface area contributed by atoms with Gasteiger partial charge < -0.3 is 0 Å². The number of nitrogens with zero attached hydrogens (tertiary/aromatic N) is 3. The number of halogens is 1. The van der Waals surface area contributed by atoms with Crippen LogP contribution in [-0.2, 0) is 6.54 Å². The monoisotopic (exact) mass is 304 g/mol. The van der Waals surface area contributed by atoms with Crippen LogP contribution in [0.1, 0.15) is 5.69 Å². The van der Waals surface area contributed by atoms with Gasteiger partial charge in [0.2, 0.25) is 0 Å². The van der Waals surface area contributed by atoms with E-state index in [9.17, 15) is 14.4 Å². The van der Waals surface area contributed by atoms with Gasteiger partial charge >= 0.3 is 5.69 Å². The summed E-state index contributed by atoms with van der Waals surface area (Å²) in [5.41, 5.74) is -0.636. The molecule has 0 aliphatic carbocycles. The summed E-state index contributed by atoms with van der Waals surface area (Å²) in [7, 11) is 0. The molecule has 3 aromatic heterocycles. The smallest absolute Gasteiger partial charge is 0.293 e. The van der Waals surface area contributed by atoms with Crippen LogP contribution in [0.3, 0.4) is 0 Å². The van der Waals surface area contributed by atoms with Crippen molar-refractivity contribution in [2.24, 2.45) is 0 Å². The fourth-order valence-corrected chi connectivity index (χ4v) is 2.12. The van der Waals surface area contributed by atoms with Crippen LogP contribution in [0.4, 0.5) is 0 Å². The van der Waals surface area contributed by atoms with Crippen molar-refractivity contribution >= 4 is 17.2 Å². The second-order valence-corrected chi connectivity index (χ2v) is 4.79. The zero-order chi connectivity index (χ0) is 15.0. The highest BCUT2D eigenvalue weighted by molar-refractivity contribution is 6.30. The second-order valence-electron chi connectivity index (χ2n) is 4.38. The molecule has 0 amide bonds. The van der Waals surface area contributed by atoms with E-state index >= 15 is 0 Å². The Kier molecular flexibility index (Phi) is 3.19. The molecule has 106 valence electrons. The molecule has 0 saturated heterocycles. The Morgan fingerprint density at radius 1 is 1.24 bits per heavy atom. The summed E-state index contributed by atoms with van der Waals surface area (Å²) in [5.74, 6) is 0. The molecule has 0 aromatic carbocycles. The van der Waals surface area contributed by atoms with Crippen LogP contribution in [0.5, 0.6) is 0 Å². The standard InChI is InChI=1S/C13H9ClN4O3/c14-9-7-17(13(21)16-12(9)20)6-8-5-11(19)18-4-2-1-3-10(18)15-8/h1-5,7H,6H2,(H,16,20,21). The number of aromatic amines is 1. The van der Waals surface area contributed by atoms with Crippen molar-refractivity contribution in [2.75, 3.05) is 0 Å². The van der Waals surface area contributed by atoms with Crippen LogP contribution in [0.15, 0.2) is 51.0 Å². The molecular weight excluding hydrogens is 296 g/mol. The molecule has 3 heterocycles. The van der Waals surface area contributed by atoms with Gasteiger partial charge in [0.15, 0.2) is 0 Å². The van der Waals surface area contributed by atoms with Gasteiger partial charge in [-0.05, 0) is 12.1 Å². The minimum Gasteiger partial charge on any atom is -0.293 e. The maximum atomic E-state index is 11.9. The second kappa shape index (κ2) is 5.02. The molecule has 7 nitrogen and oxygen atoms in total. The van der Waals surface area contributed by atoms with Gasteiger partial charge in [-0.25, -0.2) is 9.78 Å². The molecule has 0 aliphatic heterocycles. The van der Waals surface area contributed by atoms with Gasteiger partial charge in [0.25, 0.3) is 11.1 Å². The molecule has 0 radical (unpaired) electrons. The Morgan fingerprint density at radius 2 is 2.05 bits per heavy atom. The van der Waals surface area contributed by atoms with E-state index in [1.807, 2.05) is 0 Å². The van der Waals surface area contributed by atoms with E-state index in [1.165, 1.54) is 21.2 Å². The average molecular weight is 305 g/mol. The predicted octanol–water partition coefficient (Wildman–Crippen LogP) is 0.246. The molecule has 0 unspecified atom stereocenters. The number of pyridine rings is 1. The summed E-state index contributed by atoms with van der Waals surface area (Å²) < 4.78 is 2.58. The number of aromatic nitrogens is 4. The number of H-pyrrole nitrogens is 1. The van der Waals surface area contributed by atoms with E-state index in [4.69, 9.17) is 11.6 Å². The minimum atomic E-state index is -0.649. The Labute approximate surface area is 122 Å². The van der Waals surface area contributed by atoms with Crippen molar-refractivity contribution in [1.82, 2.24) is 18.9 Å². The third-order valence-electron chi connectivity index (χ3n) is 2.92. The molecule has 1 N–H and O–H groups in total. The van der Waals surface area contributed by atoms with Crippen LogP contribution in [-0.4, -0.2) is 18.9 Å². The molecule has 0 spiro atoms. The molecule has 0 fully saturated rings. The van der Waals surface area contributed by atoms with Gasteiger partial charge in [-0.15, -0.1) is 0 Å². The summed E-state index contributed by atoms with van der Waals surface area (Å²) in [6.45, 7) is 0.0377. The normalized spacial score (nSPS) is 10.9. The van der Waals surface area contributed by atoms with E-state index in [0.29, 0.717) is 11.3 Å². The molecule has 21 heavy (non-hydrogen) atoms. The maximum Gasteiger partial charge on any atom is 0.328 e. The van der Waals surface area contributed by atoms with Crippen molar-refractivity contribution in [3.63, 3.8) is 0 Å². The Bertz CT molecular complexity index is 1000. The van der Waals surface area contributed by atoms with Gasteiger partial charge in [0, 0.05) is 18.5 Å². The van der Waals surface area contributed by atoms with E-state index in [2.05, 4.69) is 9.97 Å². The van der Waals surface area contributed by atoms with Crippen LogP contribution < -0.4 is 16.8 Å². The van der Waals surface area contributed by atoms with Crippen molar-refractivity contribution in [3.05, 3.63) is 78.6 Å². The van der Waals surface area contributed by atoms with Gasteiger partial charge in [-0.3, -0.25) is 23.5 Å². The summed E-state index contributed by atoms with van der Waals surface area (Å²) in [6, 6.07) is 6.50. The lowest BCUT2D eigenvalue weighted by atomic mass is 10.3. The van der Waals surface area contributed by atoms with E-state index in [0.717, 1.165) is 0 Å². The van der Waals surface area contributed by atoms with E-state index in [-0.39, 0.29) is 17.1 Å². The molecule has 0 atom stereocenters. The molecule has 0 bridgehead atoms. The van der Waals surface area contributed by atoms with Crippen LogP contribution in [0, 0.1) is 0 Å².